The van der Waals surface area contributed by atoms with Crippen LogP contribution in [-0.2, 0) is 14.4 Å². The zero-order valence-corrected chi connectivity index (χ0v) is 19.4. The summed E-state index contributed by atoms with van der Waals surface area (Å²) in [6, 6.07) is -2.13. The monoisotopic (exact) mass is 494 g/mol. The van der Waals surface area contributed by atoms with Crippen molar-refractivity contribution >= 4 is 17.7 Å². The van der Waals surface area contributed by atoms with Gasteiger partial charge in [0.1, 0.15) is 18.1 Å². The second-order valence-corrected chi connectivity index (χ2v) is 10.3. The van der Waals surface area contributed by atoms with Crippen molar-refractivity contribution in [1.82, 2.24) is 16.0 Å². The van der Waals surface area contributed by atoms with Crippen LogP contribution in [0, 0.1) is 28.6 Å². The molecule has 2 aliphatic rings. The average Bonchev–Trinajstić information content (AvgIpc) is 3.50. The number of nitrogens with zero attached hydrogens (tertiary/aromatic N) is 1. The van der Waals surface area contributed by atoms with Crippen molar-refractivity contribution in [3.05, 3.63) is 0 Å². The largest absolute Gasteiger partial charge is 0.471 e. The number of nitrogens with one attached hydrogen (secondary N) is 3. The SMILES string of the molecule is CC(C)(C)C(NC(=O)C(F)(F)F)C(=O)NC(CC1CC1)C(=O)NC(C#N)C1CCCC(F)(F)C1. The van der Waals surface area contributed by atoms with Gasteiger partial charge in [0.25, 0.3) is 0 Å². The molecule has 34 heavy (non-hydrogen) atoms. The lowest BCUT2D eigenvalue weighted by molar-refractivity contribution is -0.175. The Kier molecular flexibility index (Phi) is 8.53. The molecule has 2 rings (SSSR count). The van der Waals surface area contributed by atoms with Crippen LogP contribution in [0.1, 0.15) is 65.7 Å². The van der Waals surface area contributed by atoms with E-state index >= 15 is 0 Å². The van der Waals surface area contributed by atoms with E-state index in [4.69, 9.17) is 0 Å². The number of carbonyl (C=O) groups excluding carboxylic acids is 3. The Morgan fingerprint density at radius 3 is 2.12 bits per heavy atom. The summed E-state index contributed by atoms with van der Waals surface area (Å²) in [5.74, 6) is -7.62. The van der Waals surface area contributed by atoms with Gasteiger partial charge in [0, 0.05) is 12.8 Å². The third-order valence-corrected chi connectivity index (χ3v) is 6.15. The van der Waals surface area contributed by atoms with Crippen molar-refractivity contribution in [2.24, 2.45) is 17.3 Å². The van der Waals surface area contributed by atoms with Crippen LogP contribution < -0.4 is 16.0 Å². The molecule has 4 atom stereocenters. The Hall–Kier alpha value is -2.45. The van der Waals surface area contributed by atoms with E-state index in [1.165, 1.54) is 20.8 Å². The van der Waals surface area contributed by atoms with Crippen LogP contribution in [0.5, 0.6) is 0 Å². The average molecular weight is 495 g/mol. The molecule has 0 aliphatic heterocycles. The van der Waals surface area contributed by atoms with Crippen LogP contribution in [0.25, 0.3) is 0 Å². The van der Waals surface area contributed by atoms with Gasteiger partial charge in [-0.2, -0.15) is 18.4 Å². The number of carbonyl (C=O) groups is 3. The van der Waals surface area contributed by atoms with Gasteiger partial charge < -0.3 is 16.0 Å². The lowest BCUT2D eigenvalue weighted by Gasteiger charge is -2.33. The fraction of sp³-hybridized carbons (Fsp3) is 0.818. The zero-order valence-electron chi connectivity index (χ0n) is 19.4. The number of amides is 3. The molecular weight excluding hydrogens is 463 g/mol. The predicted molar refractivity (Wildman–Crippen MR) is 111 cm³/mol. The van der Waals surface area contributed by atoms with Gasteiger partial charge in [-0.1, -0.05) is 33.6 Å². The molecule has 12 heteroatoms. The Morgan fingerprint density at radius 1 is 1.03 bits per heavy atom. The maximum atomic E-state index is 13.8. The molecule has 0 radical (unpaired) electrons. The minimum absolute atomic E-state index is 0.105. The van der Waals surface area contributed by atoms with Crippen LogP contribution in [0.4, 0.5) is 22.0 Å². The lowest BCUT2D eigenvalue weighted by Crippen LogP contribution is -2.60. The van der Waals surface area contributed by atoms with Gasteiger partial charge in [-0.15, -0.1) is 0 Å². The zero-order chi connectivity index (χ0) is 25.9. The Morgan fingerprint density at radius 2 is 1.65 bits per heavy atom. The molecule has 0 bridgehead atoms. The minimum atomic E-state index is -5.20. The molecule has 2 fully saturated rings. The topological polar surface area (TPSA) is 111 Å². The van der Waals surface area contributed by atoms with Crippen molar-refractivity contribution < 1.29 is 36.3 Å². The van der Waals surface area contributed by atoms with Gasteiger partial charge in [0.15, 0.2) is 0 Å². The van der Waals surface area contributed by atoms with E-state index in [9.17, 15) is 41.6 Å². The Balaban J connectivity index is 2.13. The summed E-state index contributed by atoms with van der Waals surface area (Å²) in [7, 11) is 0. The Labute approximate surface area is 195 Å². The number of alkyl halides is 5. The first-order chi connectivity index (χ1) is 15.5. The van der Waals surface area contributed by atoms with E-state index in [1.807, 2.05) is 6.07 Å². The molecule has 2 saturated carbocycles. The van der Waals surface area contributed by atoms with Crippen molar-refractivity contribution in [1.29, 1.82) is 5.26 Å². The number of hydrogen-bond acceptors (Lipinski definition) is 4. The smallest absolute Gasteiger partial charge is 0.342 e. The summed E-state index contributed by atoms with van der Waals surface area (Å²) in [4.78, 5) is 37.3. The van der Waals surface area contributed by atoms with Crippen LogP contribution in [0.2, 0.25) is 0 Å². The molecule has 4 unspecified atom stereocenters. The van der Waals surface area contributed by atoms with Gasteiger partial charge in [-0.05, 0) is 36.5 Å². The molecule has 0 heterocycles. The van der Waals surface area contributed by atoms with E-state index in [2.05, 4.69) is 10.6 Å². The first-order valence-corrected chi connectivity index (χ1v) is 11.3. The fourth-order valence-electron chi connectivity index (χ4n) is 4.07. The molecule has 2 aliphatic carbocycles. The Bertz CT molecular complexity index is 815. The first kappa shape index (κ1) is 27.8. The third-order valence-electron chi connectivity index (χ3n) is 6.15. The second-order valence-electron chi connectivity index (χ2n) is 10.3. The molecule has 0 saturated heterocycles. The normalized spacial score (nSPS) is 23.1. The van der Waals surface area contributed by atoms with Crippen LogP contribution in [0.15, 0.2) is 0 Å². The number of hydrogen-bond donors (Lipinski definition) is 3. The number of halogens is 5. The van der Waals surface area contributed by atoms with E-state index in [0.29, 0.717) is 6.42 Å². The number of rotatable bonds is 8. The molecule has 0 aromatic heterocycles. The fourth-order valence-corrected chi connectivity index (χ4v) is 4.07. The van der Waals surface area contributed by atoms with Gasteiger partial charge >= 0.3 is 12.1 Å². The maximum absolute atomic E-state index is 13.8. The molecule has 7 nitrogen and oxygen atoms in total. The number of nitriles is 1. The highest BCUT2D eigenvalue weighted by molar-refractivity contribution is 5.93. The summed E-state index contributed by atoms with van der Waals surface area (Å²) >= 11 is 0. The molecule has 3 amide bonds. The van der Waals surface area contributed by atoms with Crippen LogP contribution >= 0.6 is 0 Å². The quantitative estimate of drug-likeness (QED) is 0.450. The van der Waals surface area contributed by atoms with E-state index in [-0.39, 0.29) is 25.2 Å². The molecule has 3 N–H and O–H groups in total. The summed E-state index contributed by atoms with van der Waals surface area (Å²) < 4.78 is 65.9. The minimum Gasteiger partial charge on any atom is -0.342 e. The standard InChI is InChI=1S/C22H31F5N4O3/c1-20(2,3)16(31-19(34)22(25,26)27)18(33)29-14(9-12-6-7-12)17(32)30-15(11-28)13-5-4-8-21(23,24)10-13/h12-16H,4-10H2,1-3H3,(H,29,33)(H,30,32)(H,31,34). The highest BCUT2D eigenvalue weighted by Crippen LogP contribution is 2.38. The molecule has 192 valence electrons. The van der Waals surface area contributed by atoms with Crippen LogP contribution in [0.3, 0.4) is 0 Å². The molecule has 0 spiro atoms. The molecule has 0 aromatic carbocycles. The predicted octanol–water partition coefficient (Wildman–Crippen LogP) is 3.20. The lowest BCUT2D eigenvalue weighted by atomic mass is 9.82. The van der Waals surface area contributed by atoms with Crippen molar-refractivity contribution in [3.8, 4) is 6.07 Å². The second kappa shape index (κ2) is 10.4. The van der Waals surface area contributed by atoms with Crippen molar-refractivity contribution in [2.75, 3.05) is 0 Å². The molecule has 0 aromatic rings. The van der Waals surface area contributed by atoms with Gasteiger partial charge in [-0.3, -0.25) is 14.4 Å². The third kappa shape index (κ3) is 8.09. The first-order valence-electron chi connectivity index (χ1n) is 11.3. The highest BCUT2D eigenvalue weighted by atomic mass is 19.4. The van der Waals surface area contributed by atoms with Crippen molar-refractivity contribution in [2.45, 2.75) is 95.9 Å². The summed E-state index contributed by atoms with van der Waals surface area (Å²) in [6.07, 6.45) is -3.71. The van der Waals surface area contributed by atoms with Crippen LogP contribution in [-0.4, -0.2) is 47.9 Å². The van der Waals surface area contributed by atoms with E-state index in [0.717, 1.165) is 12.8 Å². The summed E-state index contributed by atoms with van der Waals surface area (Å²) in [5.41, 5.74) is -1.12. The van der Waals surface area contributed by atoms with Crippen molar-refractivity contribution in [3.63, 3.8) is 0 Å². The highest BCUT2D eigenvalue weighted by Gasteiger charge is 2.45. The maximum Gasteiger partial charge on any atom is 0.471 e. The van der Waals surface area contributed by atoms with Gasteiger partial charge in [0.05, 0.1) is 6.07 Å². The van der Waals surface area contributed by atoms with Gasteiger partial charge in [-0.25, -0.2) is 8.78 Å². The summed E-state index contributed by atoms with van der Waals surface area (Å²) in [5, 5.41) is 16.0. The van der Waals surface area contributed by atoms with E-state index < -0.39 is 65.7 Å². The summed E-state index contributed by atoms with van der Waals surface area (Å²) in [6.45, 7) is 4.37. The van der Waals surface area contributed by atoms with E-state index in [1.54, 1.807) is 5.32 Å². The van der Waals surface area contributed by atoms with Gasteiger partial charge in [0.2, 0.25) is 17.7 Å². The molecular formula is C22H31F5N4O3.